The van der Waals surface area contributed by atoms with Gasteiger partial charge < -0.3 is 20.3 Å². The van der Waals surface area contributed by atoms with Gasteiger partial charge in [-0.05, 0) is 54.8 Å². The molecule has 146 valence electrons. The molecular weight excluding hydrogens is 356 g/mol. The summed E-state index contributed by atoms with van der Waals surface area (Å²) >= 11 is 0. The van der Waals surface area contributed by atoms with Crippen LogP contribution in [-0.4, -0.2) is 43.2 Å². The molecule has 0 unspecified atom stereocenters. The third kappa shape index (κ3) is 3.74. The van der Waals surface area contributed by atoms with Crippen LogP contribution in [0.4, 0.5) is 21.0 Å². The van der Waals surface area contributed by atoms with Gasteiger partial charge in [0.15, 0.2) is 0 Å². The monoisotopic (exact) mass is 380 g/mol. The molecule has 2 aliphatic rings. The van der Waals surface area contributed by atoms with Gasteiger partial charge in [0.2, 0.25) is 0 Å². The maximum Gasteiger partial charge on any atom is 0.322 e. The first-order chi connectivity index (χ1) is 13.6. The normalized spacial score (nSPS) is 15.8. The van der Waals surface area contributed by atoms with Gasteiger partial charge in [0.25, 0.3) is 0 Å². The molecule has 4 rings (SSSR count). The van der Waals surface area contributed by atoms with Crippen LogP contribution in [0.2, 0.25) is 0 Å². The molecule has 7 heteroatoms. The molecule has 2 aliphatic heterocycles. The van der Waals surface area contributed by atoms with E-state index in [0.717, 1.165) is 23.4 Å². The first kappa shape index (κ1) is 18.2. The van der Waals surface area contributed by atoms with Crippen LogP contribution in [-0.2, 0) is 13.0 Å². The minimum absolute atomic E-state index is 0.110. The molecule has 0 aromatic heterocycles. The van der Waals surface area contributed by atoms with Gasteiger partial charge in [-0.3, -0.25) is 4.90 Å². The SMILES string of the molecule is CCOc1ccc2c(c1)CN(C(=O)Nc1cccc(N3CCNC3=O)c1)CC2. The van der Waals surface area contributed by atoms with Crippen molar-refractivity contribution < 1.29 is 14.3 Å². The van der Waals surface area contributed by atoms with Crippen LogP contribution in [0, 0.1) is 0 Å². The van der Waals surface area contributed by atoms with Crippen molar-refractivity contribution in [3.8, 4) is 5.75 Å². The summed E-state index contributed by atoms with van der Waals surface area (Å²) in [5, 5.41) is 5.74. The Kier molecular flexibility index (Phi) is 5.06. The molecule has 2 aromatic carbocycles. The second-order valence-electron chi connectivity index (χ2n) is 6.90. The fourth-order valence-corrected chi connectivity index (χ4v) is 3.64. The van der Waals surface area contributed by atoms with E-state index in [1.807, 2.05) is 43.3 Å². The number of urea groups is 2. The number of hydrogen-bond donors (Lipinski definition) is 2. The number of ether oxygens (including phenoxy) is 1. The predicted octanol–water partition coefficient (Wildman–Crippen LogP) is 3.21. The minimum atomic E-state index is -0.143. The van der Waals surface area contributed by atoms with Crippen LogP contribution in [0.25, 0.3) is 0 Å². The van der Waals surface area contributed by atoms with Gasteiger partial charge in [-0.1, -0.05) is 12.1 Å². The Morgan fingerprint density at radius 1 is 1.18 bits per heavy atom. The number of amides is 4. The highest BCUT2D eigenvalue weighted by molar-refractivity contribution is 5.95. The van der Waals surface area contributed by atoms with Crippen molar-refractivity contribution in [2.24, 2.45) is 0 Å². The van der Waals surface area contributed by atoms with E-state index in [0.29, 0.717) is 38.5 Å². The zero-order valence-corrected chi connectivity index (χ0v) is 15.9. The third-order valence-corrected chi connectivity index (χ3v) is 5.05. The van der Waals surface area contributed by atoms with Crippen LogP contribution in [0.15, 0.2) is 42.5 Å². The lowest BCUT2D eigenvalue weighted by molar-refractivity contribution is 0.206. The van der Waals surface area contributed by atoms with Gasteiger partial charge in [-0.25, -0.2) is 9.59 Å². The number of fused-ring (bicyclic) bond motifs is 1. The molecule has 2 N–H and O–H groups in total. The van der Waals surface area contributed by atoms with Crippen molar-refractivity contribution in [1.82, 2.24) is 10.2 Å². The lowest BCUT2D eigenvalue weighted by atomic mass is 10.00. The van der Waals surface area contributed by atoms with E-state index < -0.39 is 0 Å². The van der Waals surface area contributed by atoms with Crippen molar-refractivity contribution in [3.63, 3.8) is 0 Å². The number of carbonyl (C=O) groups excluding carboxylic acids is 2. The number of rotatable bonds is 4. The Morgan fingerprint density at radius 2 is 2.07 bits per heavy atom. The molecule has 0 spiro atoms. The van der Waals surface area contributed by atoms with Crippen molar-refractivity contribution in [1.29, 1.82) is 0 Å². The van der Waals surface area contributed by atoms with Crippen LogP contribution in [0.1, 0.15) is 18.1 Å². The molecule has 1 saturated heterocycles. The molecule has 0 saturated carbocycles. The van der Waals surface area contributed by atoms with Crippen molar-refractivity contribution in [2.45, 2.75) is 19.9 Å². The predicted molar refractivity (Wildman–Crippen MR) is 108 cm³/mol. The van der Waals surface area contributed by atoms with E-state index in [-0.39, 0.29) is 12.1 Å². The largest absolute Gasteiger partial charge is 0.494 e. The average molecular weight is 380 g/mol. The number of anilines is 2. The summed E-state index contributed by atoms with van der Waals surface area (Å²) in [6.45, 7) is 5.05. The van der Waals surface area contributed by atoms with Gasteiger partial charge in [0.05, 0.1) is 6.61 Å². The topological polar surface area (TPSA) is 73.9 Å². The average Bonchev–Trinajstić information content (AvgIpc) is 3.14. The third-order valence-electron chi connectivity index (χ3n) is 5.05. The molecule has 2 heterocycles. The summed E-state index contributed by atoms with van der Waals surface area (Å²) in [7, 11) is 0. The molecule has 28 heavy (non-hydrogen) atoms. The van der Waals surface area contributed by atoms with Gasteiger partial charge in [0, 0.05) is 37.6 Å². The lowest BCUT2D eigenvalue weighted by Crippen LogP contribution is -2.38. The Labute approximate surface area is 164 Å². The van der Waals surface area contributed by atoms with Crippen molar-refractivity contribution in [2.75, 3.05) is 36.5 Å². The fourth-order valence-electron chi connectivity index (χ4n) is 3.64. The van der Waals surface area contributed by atoms with Gasteiger partial charge in [0.1, 0.15) is 5.75 Å². The smallest absolute Gasteiger partial charge is 0.322 e. The van der Waals surface area contributed by atoms with E-state index >= 15 is 0 Å². The highest BCUT2D eigenvalue weighted by Gasteiger charge is 2.23. The van der Waals surface area contributed by atoms with Crippen LogP contribution < -0.4 is 20.3 Å². The summed E-state index contributed by atoms with van der Waals surface area (Å²) < 4.78 is 5.58. The summed E-state index contributed by atoms with van der Waals surface area (Å²) in [4.78, 5) is 28.1. The summed E-state index contributed by atoms with van der Waals surface area (Å²) in [5.74, 6) is 0.833. The second kappa shape index (κ2) is 7.80. The lowest BCUT2D eigenvalue weighted by Gasteiger charge is -2.29. The maximum atomic E-state index is 12.8. The number of nitrogens with one attached hydrogen (secondary N) is 2. The molecule has 0 radical (unpaired) electrons. The molecule has 4 amide bonds. The maximum absolute atomic E-state index is 12.8. The van der Waals surface area contributed by atoms with Crippen LogP contribution in [0.5, 0.6) is 5.75 Å². The Balaban J connectivity index is 1.44. The van der Waals surface area contributed by atoms with Crippen molar-refractivity contribution in [3.05, 3.63) is 53.6 Å². The van der Waals surface area contributed by atoms with Crippen molar-refractivity contribution >= 4 is 23.4 Å². The molecule has 0 aliphatic carbocycles. The number of benzene rings is 2. The van der Waals surface area contributed by atoms with E-state index in [4.69, 9.17) is 4.74 Å². The number of nitrogens with zero attached hydrogens (tertiary/aromatic N) is 2. The van der Waals surface area contributed by atoms with Gasteiger partial charge >= 0.3 is 12.1 Å². The summed E-state index contributed by atoms with van der Waals surface area (Å²) in [6.07, 6.45) is 0.823. The molecule has 0 atom stereocenters. The Bertz CT molecular complexity index is 899. The Hall–Kier alpha value is -3.22. The summed E-state index contributed by atoms with van der Waals surface area (Å²) in [5.41, 5.74) is 3.83. The number of carbonyl (C=O) groups is 2. The first-order valence-electron chi connectivity index (χ1n) is 9.60. The van der Waals surface area contributed by atoms with E-state index in [9.17, 15) is 9.59 Å². The Morgan fingerprint density at radius 3 is 2.86 bits per heavy atom. The van der Waals surface area contributed by atoms with E-state index in [1.165, 1.54) is 5.56 Å². The van der Waals surface area contributed by atoms with E-state index in [1.54, 1.807) is 9.80 Å². The van der Waals surface area contributed by atoms with Crippen LogP contribution >= 0.6 is 0 Å². The molecule has 7 nitrogen and oxygen atoms in total. The van der Waals surface area contributed by atoms with Gasteiger partial charge in [-0.2, -0.15) is 0 Å². The molecular formula is C21H24N4O3. The van der Waals surface area contributed by atoms with Crippen LogP contribution in [0.3, 0.4) is 0 Å². The molecule has 0 bridgehead atoms. The summed E-state index contributed by atoms with van der Waals surface area (Å²) in [6, 6.07) is 13.2. The highest BCUT2D eigenvalue weighted by Crippen LogP contribution is 2.25. The zero-order chi connectivity index (χ0) is 19.5. The zero-order valence-electron chi connectivity index (χ0n) is 15.9. The first-order valence-corrected chi connectivity index (χ1v) is 9.60. The highest BCUT2D eigenvalue weighted by atomic mass is 16.5. The fraction of sp³-hybridized carbons (Fsp3) is 0.333. The quantitative estimate of drug-likeness (QED) is 0.855. The standard InChI is InChI=1S/C21H24N4O3/c1-2-28-19-7-6-15-8-10-24(14-16(15)12-19)21(27)23-17-4-3-5-18(13-17)25-11-9-22-20(25)26/h3-7,12-13H,2,8-11,14H2,1H3,(H,22,26)(H,23,27). The second-order valence-corrected chi connectivity index (χ2v) is 6.90. The minimum Gasteiger partial charge on any atom is -0.494 e. The van der Waals surface area contributed by atoms with Gasteiger partial charge in [-0.15, -0.1) is 0 Å². The molecule has 1 fully saturated rings. The molecule has 2 aromatic rings. The number of hydrogen-bond acceptors (Lipinski definition) is 3. The van der Waals surface area contributed by atoms with E-state index in [2.05, 4.69) is 16.7 Å².